The monoisotopic (exact) mass is 498 g/mol. The van der Waals surface area contributed by atoms with Crippen LogP contribution in [0.5, 0.6) is 0 Å². The van der Waals surface area contributed by atoms with Crippen LogP contribution >= 0.6 is 11.8 Å². The molecule has 2 aromatic rings. The minimum atomic E-state index is -0.392. The van der Waals surface area contributed by atoms with E-state index in [4.69, 9.17) is 5.21 Å². The van der Waals surface area contributed by atoms with Crippen molar-refractivity contribution in [3.63, 3.8) is 0 Å². The van der Waals surface area contributed by atoms with Crippen molar-refractivity contribution in [2.75, 3.05) is 22.5 Å². The number of rotatable bonds is 12. The van der Waals surface area contributed by atoms with Crippen molar-refractivity contribution >= 4 is 46.6 Å². The Balaban J connectivity index is 1.39. The highest BCUT2D eigenvalue weighted by Gasteiger charge is 2.29. The summed E-state index contributed by atoms with van der Waals surface area (Å²) in [7, 11) is 0. The van der Waals surface area contributed by atoms with Gasteiger partial charge in [0.05, 0.1) is 0 Å². The number of hydroxylamine groups is 1. The lowest BCUT2D eigenvalue weighted by Gasteiger charge is -2.15. The molecule has 1 fully saturated rings. The number of hydrogen-bond acceptors (Lipinski definition) is 10. The van der Waals surface area contributed by atoms with Gasteiger partial charge in [0.25, 0.3) is 0 Å². The van der Waals surface area contributed by atoms with Crippen LogP contribution in [0.15, 0.2) is 45.5 Å². The predicted octanol–water partition coefficient (Wildman–Crippen LogP) is 3.17. The first-order chi connectivity index (χ1) is 17.0. The van der Waals surface area contributed by atoms with Crippen molar-refractivity contribution in [3.05, 3.63) is 30.3 Å². The number of amides is 2. The summed E-state index contributed by atoms with van der Waals surface area (Å²) in [5.74, 6) is 1.19. The first-order valence-corrected chi connectivity index (χ1v) is 12.5. The normalized spacial score (nSPS) is 16.7. The standard InChI is InChI=1S/C23H30N8O3S/c1-14-12-20(30-29-14)26-19-13-18(24-11-3-2-4-21(32)31-34)27-23(28-19)35-17-9-7-16(8-10-17)25-22(33)15-5-6-15/h7-10,13,15,20,30,34H,2-6,11-12H2,1H3,(H,25,33)(H,31,32)(H2,24,26,27,28). The molecule has 4 rings (SSSR count). The van der Waals surface area contributed by atoms with Gasteiger partial charge in [0.2, 0.25) is 11.8 Å². The van der Waals surface area contributed by atoms with Crippen molar-refractivity contribution in [2.45, 2.75) is 61.7 Å². The number of carbonyl (C=O) groups is 2. The van der Waals surface area contributed by atoms with Crippen LogP contribution in [0.4, 0.5) is 17.3 Å². The van der Waals surface area contributed by atoms with E-state index in [9.17, 15) is 9.59 Å². The molecule has 186 valence electrons. The highest BCUT2D eigenvalue weighted by Crippen LogP contribution is 2.31. The Morgan fingerprint density at radius 3 is 2.60 bits per heavy atom. The Kier molecular flexibility index (Phi) is 8.37. The highest BCUT2D eigenvalue weighted by molar-refractivity contribution is 7.99. The summed E-state index contributed by atoms with van der Waals surface area (Å²) < 4.78 is 0. The SMILES string of the molecule is CC1=NNC(Nc2cc(NCCCCC(=O)NO)nc(Sc3ccc(NC(=O)C4CC4)cc3)n2)C1. The number of nitrogens with one attached hydrogen (secondary N) is 5. The fourth-order valence-electron chi connectivity index (χ4n) is 3.46. The minimum absolute atomic E-state index is 0.0399. The molecule has 1 aliphatic heterocycles. The summed E-state index contributed by atoms with van der Waals surface area (Å²) in [6.45, 7) is 2.59. The Morgan fingerprint density at radius 2 is 1.91 bits per heavy atom. The van der Waals surface area contributed by atoms with Crippen molar-refractivity contribution in [3.8, 4) is 0 Å². The number of hydrazone groups is 1. The lowest BCUT2D eigenvalue weighted by Crippen LogP contribution is -2.29. The fourth-order valence-corrected chi connectivity index (χ4v) is 4.23. The Bertz CT molecular complexity index is 1070. The van der Waals surface area contributed by atoms with E-state index in [2.05, 4.69) is 36.4 Å². The second-order valence-corrected chi connectivity index (χ2v) is 9.65. The summed E-state index contributed by atoms with van der Waals surface area (Å²) in [4.78, 5) is 33.4. The van der Waals surface area contributed by atoms with Gasteiger partial charge in [0, 0.05) is 47.7 Å². The van der Waals surface area contributed by atoms with Crippen LogP contribution in [-0.2, 0) is 9.59 Å². The maximum atomic E-state index is 12.0. The van der Waals surface area contributed by atoms with Crippen LogP contribution in [0.1, 0.15) is 45.4 Å². The molecular weight excluding hydrogens is 468 g/mol. The van der Waals surface area contributed by atoms with Crippen LogP contribution in [-0.4, -0.2) is 45.4 Å². The number of carbonyl (C=O) groups excluding carboxylic acids is 2. The highest BCUT2D eigenvalue weighted by atomic mass is 32.2. The second-order valence-electron chi connectivity index (χ2n) is 8.61. The zero-order chi connectivity index (χ0) is 24.6. The van der Waals surface area contributed by atoms with E-state index >= 15 is 0 Å². The number of aromatic nitrogens is 2. The fraction of sp³-hybridized carbons (Fsp3) is 0.435. The Hall–Kier alpha value is -3.38. The maximum Gasteiger partial charge on any atom is 0.243 e. The summed E-state index contributed by atoms with van der Waals surface area (Å²) >= 11 is 1.43. The van der Waals surface area contributed by atoms with Crippen molar-refractivity contribution in [1.82, 2.24) is 20.9 Å². The molecule has 1 aliphatic carbocycles. The average molecular weight is 499 g/mol. The van der Waals surface area contributed by atoms with E-state index in [1.165, 1.54) is 11.8 Å². The van der Waals surface area contributed by atoms with E-state index in [0.717, 1.165) is 42.0 Å². The number of hydrogen-bond donors (Lipinski definition) is 6. The molecule has 1 saturated carbocycles. The van der Waals surface area contributed by atoms with Crippen molar-refractivity contribution in [2.24, 2.45) is 11.0 Å². The molecule has 1 aromatic carbocycles. The molecule has 1 atom stereocenters. The zero-order valence-electron chi connectivity index (χ0n) is 19.5. The first-order valence-electron chi connectivity index (χ1n) is 11.7. The van der Waals surface area contributed by atoms with Crippen LogP contribution in [0, 0.1) is 5.92 Å². The van der Waals surface area contributed by atoms with Gasteiger partial charge in [-0.15, -0.1) is 0 Å². The van der Waals surface area contributed by atoms with Gasteiger partial charge >= 0.3 is 0 Å². The van der Waals surface area contributed by atoms with Gasteiger partial charge < -0.3 is 16.0 Å². The third-order valence-corrected chi connectivity index (χ3v) is 6.35. The van der Waals surface area contributed by atoms with Gasteiger partial charge in [-0.2, -0.15) is 5.10 Å². The molecule has 1 unspecified atom stereocenters. The van der Waals surface area contributed by atoms with E-state index in [-0.39, 0.29) is 24.4 Å². The molecule has 11 nitrogen and oxygen atoms in total. The van der Waals surface area contributed by atoms with Gasteiger partial charge in [-0.25, -0.2) is 15.4 Å². The minimum Gasteiger partial charge on any atom is -0.370 e. The van der Waals surface area contributed by atoms with Crippen LogP contribution in [0.2, 0.25) is 0 Å². The molecule has 2 amide bonds. The van der Waals surface area contributed by atoms with E-state index < -0.39 is 5.91 Å². The Morgan fingerprint density at radius 1 is 1.14 bits per heavy atom. The third kappa shape index (κ3) is 7.82. The lowest BCUT2D eigenvalue weighted by atomic mass is 10.2. The van der Waals surface area contributed by atoms with Crippen molar-refractivity contribution in [1.29, 1.82) is 0 Å². The largest absolute Gasteiger partial charge is 0.370 e. The first kappa shape index (κ1) is 24.7. The topological polar surface area (TPSA) is 153 Å². The van der Waals surface area contributed by atoms with Gasteiger partial charge in [-0.1, -0.05) is 0 Å². The molecule has 0 radical (unpaired) electrons. The molecule has 0 bridgehead atoms. The molecule has 0 saturated heterocycles. The van der Waals surface area contributed by atoms with Gasteiger partial charge in [-0.3, -0.25) is 20.2 Å². The molecule has 0 spiro atoms. The molecule has 12 heteroatoms. The summed E-state index contributed by atoms with van der Waals surface area (Å²) in [5.41, 5.74) is 6.49. The molecule has 35 heavy (non-hydrogen) atoms. The molecule has 2 aliphatic rings. The van der Waals surface area contributed by atoms with E-state index in [1.54, 1.807) is 5.48 Å². The van der Waals surface area contributed by atoms with E-state index in [1.807, 2.05) is 37.3 Å². The number of unbranched alkanes of at least 4 members (excludes halogenated alkanes) is 1. The summed E-state index contributed by atoms with van der Waals surface area (Å²) in [6.07, 6.45) is 4.32. The molecule has 6 N–H and O–H groups in total. The van der Waals surface area contributed by atoms with Gasteiger partial charge in [-0.05, 0) is 68.6 Å². The third-order valence-electron chi connectivity index (χ3n) is 5.48. The van der Waals surface area contributed by atoms with Gasteiger partial charge in [0.15, 0.2) is 5.16 Å². The van der Waals surface area contributed by atoms with Crippen LogP contribution in [0.25, 0.3) is 0 Å². The van der Waals surface area contributed by atoms with Gasteiger partial charge in [0.1, 0.15) is 17.8 Å². The molecule has 2 heterocycles. The van der Waals surface area contributed by atoms with Crippen LogP contribution in [0.3, 0.4) is 0 Å². The maximum absolute atomic E-state index is 12.0. The van der Waals surface area contributed by atoms with Crippen molar-refractivity contribution < 1.29 is 14.8 Å². The number of nitrogens with zero attached hydrogens (tertiary/aromatic N) is 3. The number of anilines is 3. The Labute approximate surface area is 207 Å². The summed E-state index contributed by atoms with van der Waals surface area (Å²) in [5, 5.41) is 23.0. The smallest absolute Gasteiger partial charge is 0.243 e. The number of benzene rings is 1. The average Bonchev–Trinajstić information content (AvgIpc) is 3.62. The quantitative estimate of drug-likeness (QED) is 0.112. The molecular formula is C23H30N8O3S. The summed E-state index contributed by atoms with van der Waals surface area (Å²) in [6, 6.07) is 9.48. The zero-order valence-corrected chi connectivity index (χ0v) is 20.3. The predicted molar refractivity (Wildman–Crippen MR) is 134 cm³/mol. The second kappa shape index (κ2) is 11.8. The van der Waals surface area contributed by atoms with E-state index in [0.29, 0.717) is 29.8 Å². The molecule has 1 aromatic heterocycles. The van der Waals surface area contributed by atoms with Crippen LogP contribution < -0.4 is 26.9 Å². The lowest BCUT2D eigenvalue weighted by molar-refractivity contribution is -0.129.